The number of hydrogen-bond donors (Lipinski definition) is 1. The van der Waals surface area contributed by atoms with Crippen molar-refractivity contribution in [2.24, 2.45) is 5.73 Å². The first-order chi connectivity index (χ1) is 6.31. The molecule has 68 valence electrons. The summed E-state index contributed by atoms with van der Waals surface area (Å²) in [5.41, 5.74) is 7.67. The summed E-state index contributed by atoms with van der Waals surface area (Å²) in [4.78, 5) is 0. The molecule has 1 unspecified atom stereocenters. The van der Waals surface area contributed by atoms with Crippen LogP contribution >= 0.6 is 0 Å². The number of aromatic nitrogens is 3. The Hall–Kier alpha value is -1.42. The quantitative estimate of drug-likeness (QED) is 0.736. The normalized spacial score (nSPS) is 13.4. The molecule has 0 aliphatic heterocycles. The molecule has 4 heteroatoms. The van der Waals surface area contributed by atoms with Gasteiger partial charge in [-0.1, -0.05) is 13.0 Å². The highest BCUT2D eigenvalue weighted by molar-refractivity contribution is 5.38. The molecule has 2 aromatic rings. The number of pyridine rings is 1. The van der Waals surface area contributed by atoms with Crippen LogP contribution in [0.3, 0.4) is 0 Å². The van der Waals surface area contributed by atoms with Crippen molar-refractivity contribution in [2.45, 2.75) is 12.8 Å². The van der Waals surface area contributed by atoms with Crippen molar-refractivity contribution in [1.29, 1.82) is 0 Å². The minimum atomic E-state index is 0.381. The molecule has 0 saturated carbocycles. The molecule has 0 fully saturated rings. The number of hydrogen-bond acceptors (Lipinski definition) is 3. The highest BCUT2D eigenvalue weighted by Gasteiger charge is 2.03. The summed E-state index contributed by atoms with van der Waals surface area (Å²) in [6, 6.07) is 4.00. The lowest BCUT2D eigenvalue weighted by Crippen LogP contribution is -2.09. The molecule has 2 aromatic heterocycles. The minimum Gasteiger partial charge on any atom is -0.330 e. The standard InChI is InChI=1S/C9H12N4/c1-7(4-10)8-2-3-9-12-11-6-13(9)5-8/h2-3,5-7H,4,10H2,1H3. The molecule has 2 N–H and O–H groups in total. The molecule has 0 amide bonds. The Kier molecular flexibility index (Phi) is 1.98. The first-order valence-electron chi connectivity index (χ1n) is 4.30. The van der Waals surface area contributed by atoms with Crippen molar-refractivity contribution in [3.63, 3.8) is 0 Å². The molecule has 0 aliphatic rings. The number of nitrogens with zero attached hydrogens (tertiary/aromatic N) is 3. The summed E-state index contributed by atoms with van der Waals surface area (Å²) in [6.45, 7) is 2.76. The van der Waals surface area contributed by atoms with E-state index in [4.69, 9.17) is 5.73 Å². The molecule has 1 atom stereocenters. The maximum Gasteiger partial charge on any atom is 0.160 e. The van der Waals surface area contributed by atoms with Gasteiger partial charge in [0.05, 0.1) is 0 Å². The van der Waals surface area contributed by atoms with Crippen molar-refractivity contribution in [3.8, 4) is 0 Å². The summed E-state index contributed by atoms with van der Waals surface area (Å²) in [5.74, 6) is 0.381. The Morgan fingerprint density at radius 2 is 2.38 bits per heavy atom. The van der Waals surface area contributed by atoms with E-state index < -0.39 is 0 Å². The maximum atomic E-state index is 5.58. The van der Waals surface area contributed by atoms with Gasteiger partial charge >= 0.3 is 0 Å². The zero-order chi connectivity index (χ0) is 9.26. The van der Waals surface area contributed by atoms with E-state index in [0.717, 1.165) is 5.65 Å². The van der Waals surface area contributed by atoms with Gasteiger partial charge in [-0.15, -0.1) is 10.2 Å². The molecule has 0 radical (unpaired) electrons. The second-order valence-corrected chi connectivity index (χ2v) is 3.20. The molecule has 0 aliphatic carbocycles. The summed E-state index contributed by atoms with van der Waals surface area (Å²) in [6.07, 6.45) is 3.72. The topological polar surface area (TPSA) is 56.2 Å². The van der Waals surface area contributed by atoms with Crippen molar-refractivity contribution in [3.05, 3.63) is 30.2 Å². The average molecular weight is 176 g/mol. The third-order valence-electron chi connectivity index (χ3n) is 2.24. The summed E-state index contributed by atoms with van der Waals surface area (Å²) in [7, 11) is 0. The highest BCUT2D eigenvalue weighted by atomic mass is 15.2. The largest absolute Gasteiger partial charge is 0.330 e. The number of fused-ring (bicyclic) bond motifs is 1. The van der Waals surface area contributed by atoms with Gasteiger partial charge in [-0.25, -0.2) is 0 Å². The van der Waals surface area contributed by atoms with E-state index >= 15 is 0 Å². The third-order valence-corrected chi connectivity index (χ3v) is 2.24. The van der Waals surface area contributed by atoms with Gasteiger partial charge in [-0.3, -0.25) is 4.40 Å². The summed E-state index contributed by atoms with van der Waals surface area (Å²) < 4.78 is 1.90. The van der Waals surface area contributed by atoms with Crippen LogP contribution in [-0.2, 0) is 0 Å². The van der Waals surface area contributed by atoms with E-state index in [-0.39, 0.29) is 0 Å². The highest BCUT2D eigenvalue weighted by Crippen LogP contribution is 2.13. The Labute approximate surface area is 76.4 Å². The van der Waals surface area contributed by atoms with Crippen molar-refractivity contribution in [1.82, 2.24) is 14.6 Å². The molecule has 2 heterocycles. The van der Waals surface area contributed by atoms with Crippen molar-refractivity contribution in [2.75, 3.05) is 6.54 Å². The van der Waals surface area contributed by atoms with Gasteiger partial charge in [0.15, 0.2) is 5.65 Å². The molecular formula is C9H12N4. The van der Waals surface area contributed by atoms with Gasteiger partial charge < -0.3 is 5.73 Å². The zero-order valence-corrected chi connectivity index (χ0v) is 7.51. The second-order valence-electron chi connectivity index (χ2n) is 3.20. The van der Waals surface area contributed by atoms with Gasteiger partial charge in [0, 0.05) is 6.20 Å². The summed E-state index contributed by atoms with van der Waals surface area (Å²) >= 11 is 0. The van der Waals surface area contributed by atoms with E-state index in [1.807, 2.05) is 22.7 Å². The van der Waals surface area contributed by atoms with Crippen molar-refractivity contribution >= 4 is 5.65 Å². The van der Waals surface area contributed by atoms with Gasteiger partial charge in [0.2, 0.25) is 0 Å². The van der Waals surface area contributed by atoms with E-state index in [2.05, 4.69) is 17.1 Å². The van der Waals surface area contributed by atoms with Crippen LogP contribution in [0, 0.1) is 0 Å². The smallest absolute Gasteiger partial charge is 0.160 e. The Balaban J connectivity index is 2.48. The van der Waals surface area contributed by atoms with Gasteiger partial charge in [0.25, 0.3) is 0 Å². The van der Waals surface area contributed by atoms with Gasteiger partial charge in [-0.2, -0.15) is 0 Å². The van der Waals surface area contributed by atoms with Crippen LogP contribution in [0.15, 0.2) is 24.7 Å². The maximum absolute atomic E-state index is 5.58. The molecule has 4 nitrogen and oxygen atoms in total. The number of nitrogens with two attached hydrogens (primary N) is 1. The van der Waals surface area contributed by atoms with E-state index in [9.17, 15) is 0 Å². The molecule has 13 heavy (non-hydrogen) atoms. The lowest BCUT2D eigenvalue weighted by molar-refractivity contribution is 0.767. The summed E-state index contributed by atoms with van der Waals surface area (Å²) in [5, 5.41) is 7.74. The Morgan fingerprint density at radius 3 is 3.15 bits per heavy atom. The first kappa shape index (κ1) is 8.19. The lowest BCUT2D eigenvalue weighted by atomic mass is 10.0. The molecule has 0 aromatic carbocycles. The molecule has 2 rings (SSSR count). The first-order valence-corrected chi connectivity index (χ1v) is 4.30. The van der Waals surface area contributed by atoms with Crippen LogP contribution in [0.2, 0.25) is 0 Å². The van der Waals surface area contributed by atoms with E-state index in [1.54, 1.807) is 6.33 Å². The SMILES string of the molecule is CC(CN)c1ccc2nncn2c1. The molecular weight excluding hydrogens is 164 g/mol. The van der Waals surface area contributed by atoms with Crippen LogP contribution < -0.4 is 5.73 Å². The van der Waals surface area contributed by atoms with Crippen LogP contribution in [-0.4, -0.2) is 21.1 Å². The average Bonchev–Trinajstić information content (AvgIpc) is 2.63. The molecule has 0 bridgehead atoms. The van der Waals surface area contributed by atoms with Crippen LogP contribution in [0.4, 0.5) is 0 Å². The van der Waals surface area contributed by atoms with Crippen LogP contribution in [0.1, 0.15) is 18.4 Å². The Morgan fingerprint density at radius 1 is 1.54 bits per heavy atom. The predicted octanol–water partition coefficient (Wildman–Crippen LogP) is 0.792. The van der Waals surface area contributed by atoms with E-state index in [0.29, 0.717) is 12.5 Å². The fourth-order valence-electron chi connectivity index (χ4n) is 1.27. The molecule has 0 spiro atoms. The second kappa shape index (κ2) is 3.14. The van der Waals surface area contributed by atoms with Gasteiger partial charge in [0.1, 0.15) is 6.33 Å². The molecule has 0 saturated heterocycles. The van der Waals surface area contributed by atoms with Crippen LogP contribution in [0.5, 0.6) is 0 Å². The minimum absolute atomic E-state index is 0.381. The number of rotatable bonds is 2. The fourth-order valence-corrected chi connectivity index (χ4v) is 1.27. The van der Waals surface area contributed by atoms with Crippen LogP contribution in [0.25, 0.3) is 5.65 Å². The van der Waals surface area contributed by atoms with E-state index in [1.165, 1.54) is 5.56 Å². The predicted molar refractivity (Wildman–Crippen MR) is 50.5 cm³/mol. The monoisotopic (exact) mass is 176 g/mol. The Bertz CT molecular complexity index is 407. The fraction of sp³-hybridized carbons (Fsp3) is 0.333. The zero-order valence-electron chi connectivity index (χ0n) is 7.51. The third kappa shape index (κ3) is 1.40. The van der Waals surface area contributed by atoms with Gasteiger partial charge in [-0.05, 0) is 24.1 Å². The van der Waals surface area contributed by atoms with Crippen molar-refractivity contribution < 1.29 is 0 Å². The lowest BCUT2D eigenvalue weighted by Gasteiger charge is -2.08.